The van der Waals surface area contributed by atoms with E-state index in [4.69, 9.17) is 4.74 Å². The number of rotatable bonds is 3. The van der Waals surface area contributed by atoms with Crippen LogP contribution in [0.2, 0.25) is 0 Å². The van der Waals surface area contributed by atoms with Crippen molar-refractivity contribution in [2.45, 2.75) is 13.2 Å². The Morgan fingerprint density at radius 3 is 2.71 bits per heavy atom. The van der Waals surface area contributed by atoms with Gasteiger partial charge in [0.2, 0.25) is 0 Å². The van der Waals surface area contributed by atoms with Gasteiger partial charge in [-0.15, -0.1) is 0 Å². The molecule has 2 rings (SSSR count). The van der Waals surface area contributed by atoms with Crippen molar-refractivity contribution >= 4 is 0 Å². The lowest BCUT2D eigenvalue weighted by molar-refractivity contribution is 0.138. The fourth-order valence-corrected chi connectivity index (χ4v) is 1.16. The van der Waals surface area contributed by atoms with E-state index in [1.807, 2.05) is 37.3 Å². The molecule has 0 radical (unpaired) electrons. The van der Waals surface area contributed by atoms with Gasteiger partial charge in [0.15, 0.2) is 6.23 Å². The predicted molar refractivity (Wildman–Crippen MR) is 51.8 cm³/mol. The molecule has 4 nitrogen and oxygen atoms in total. The highest BCUT2D eigenvalue weighted by Gasteiger charge is 2.05. The van der Waals surface area contributed by atoms with E-state index in [0.717, 1.165) is 5.75 Å². The third-order valence-electron chi connectivity index (χ3n) is 1.86. The zero-order chi connectivity index (χ0) is 9.80. The van der Waals surface area contributed by atoms with Gasteiger partial charge in [0.1, 0.15) is 18.4 Å². The Balaban J connectivity index is 2.06. The molecule has 1 heterocycles. The molecule has 2 aromatic rings. The number of para-hydroxylation sites is 1. The minimum atomic E-state index is -0.139. The third-order valence-corrected chi connectivity index (χ3v) is 1.86. The molecular weight excluding hydrogens is 178 g/mol. The lowest BCUT2D eigenvalue weighted by Crippen LogP contribution is -2.12. The van der Waals surface area contributed by atoms with Crippen LogP contribution < -0.4 is 4.74 Å². The zero-order valence-electron chi connectivity index (χ0n) is 7.87. The fraction of sp³-hybridized carbons (Fsp3) is 0.200. The molecule has 4 heteroatoms. The van der Waals surface area contributed by atoms with Gasteiger partial charge in [-0.25, -0.2) is 9.67 Å². The van der Waals surface area contributed by atoms with Crippen LogP contribution in [0.5, 0.6) is 5.75 Å². The molecule has 1 aromatic heterocycles. The van der Waals surface area contributed by atoms with Crippen molar-refractivity contribution in [3.05, 3.63) is 43.0 Å². The maximum Gasteiger partial charge on any atom is 0.190 e. The third kappa shape index (κ3) is 1.90. The molecule has 0 aliphatic carbocycles. The zero-order valence-corrected chi connectivity index (χ0v) is 7.87. The van der Waals surface area contributed by atoms with E-state index in [0.29, 0.717) is 0 Å². The van der Waals surface area contributed by atoms with Crippen LogP contribution in [0, 0.1) is 0 Å². The van der Waals surface area contributed by atoms with Crippen LogP contribution in [0.1, 0.15) is 13.2 Å². The Morgan fingerprint density at radius 2 is 2.07 bits per heavy atom. The van der Waals surface area contributed by atoms with Gasteiger partial charge in [-0.3, -0.25) is 0 Å². The highest BCUT2D eigenvalue weighted by molar-refractivity contribution is 5.20. The van der Waals surface area contributed by atoms with Crippen molar-refractivity contribution in [3.63, 3.8) is 0 Å². The fourth-order valence-electron chi connectivity index (χ4n) is 1.16. The van der Waals surface area contributed by atoms with Gasteiger partial charge in [0, 0.05) is 0 Å². The molecule has 0 saturated heterocycles. The Labute approximate surface area is 82.2 Å². The van der Waals surface area contributed by atoms with Crippen LogP contribution in [0.4, 0.5) is 0 Å². The van der Waals surface area contributed by atoms with Gasteiger partial charge in [0.25, 0.3) is 0 Å². The normalized spacial score (nSPS) is 12.4. The van der Waals surface area contributed by atoms with E-state index >= 15 is 0 Å². The lowest BCUT2D eigenvalue weighted by Gasteiger charge is -2.13. The molecule has 0 N–H and O–H groups in total. The number of benzene rings is 1. The Bertz CT molecular complexity index is 372. The summed E-state index contributed by atoms with van der Waals surface area (Å²) in [4.78, 5) is 3.86. The van der Waals surface area contributed by atoms with Crippen LogP contribution in [0.25, 0.3) is 0 Å². The van der Waals surface area contributed by atoms with Crippen LogP contribution >= 0.6 is 0 Å². The number of hydrogen-bond donors (Lipinski definition) is 0. The first-order valence-corrected chi connectivity index (χ1v) is 4.42. The number of aromatic nitrogens is 3. The minimum absolute atomic E-state index is 0.139. The minimum Gasteiger partial charge on any atom is -0.469 e. The second-order valence-corrected chi connectivity index (χ2v) is 2.91. The van der Waals surface area contributed by atoms with Crippen molar-refractivity contribution in [3.8, 4) is 5.75 Å². The van der Waals surface area contributed by atoms with Gasteiger partial charge in [-0.05, 0) is 19.1 Å². The van der Waals surface area contributed by atoms with E-state index in [1.165, 1.54) is 6.33 Å². The van der Waals surface area contributed by atoms with Gasteiger partial charge in [-0.2, -0.15) is 5.10 Å². The van der Waals surface area contributed by atoms with Gasteiger partial charge in [0.05, 0.1) is 0 Å². The highest BCUT2D eigenvalue weighted by atomic mass is 16.5. The summed E-state index contributed by atoms with van der Waals surface area (Å²) in [6, 6.07) is 9.64. The molecular formula is C10H11N3O. The quantitative estimate of drug-likeness (QED) is 0.740. The predicted octanol–water partition coefficient (Wildman–Crippen LogP) is 1.88. The first-order valence-electron chi connectivity index (χ1n) is 4.42. The lowest BCUT2D eigenvalue weighted by atomic mass is 10.3. The van der Waals surface area contributed by atoms with Crippen molar-refractivity contribution in [2.75, 3.05) is 0 Å². The Morgan fingerprint density at radius 1 is 1.29 bits per heavy atom. The summed E-state index contributed by atoms with van der Waals surface area (Å²) in [7, 11) is 0. The molecule has 0 spiro atoms. The first-order chi connectivity index (χ1) is 6.86. The van der Waals surface area contributed by atoms with E-state index in [-0.39, 0.29) is 6.23 Å². The van der Waals surface area contributed by atoms with E-state index in [9.17, 15) is 0 Å². The van der Waals surface area contributed by atoms with Crippen LogP contribution in [-0.4, -0.2) is 14.8 Å². The summed E-state index contributed by atoms with van der Waals surface area (Å²) in [5.41, 5.74) is 0. The highest BCUT2D eigenvalue weighted by Crippen LogP contribution is 2.14. The average molecular weight is 189 g/mol. The Hall–Kier alpha value is -1.84. The topological polar surface area (TPSA) is 39.9 Å². The Kier molecular flexibility index (Phi) is 2.44. The summed E-state index contributed by atoms with van der Waals surface area (Å²) in [6.45, 7) is 1.92. The number of ether oxygens (including phenoxy) is 1. The second-order valence-electron chi connectivity index (χ2n) is 2.91. The molecule has 1 atom stereocenters. The SMILES string of the molecule is CC(Oc1ccccc1)n1cncn1. The van der Waals surface area contributed by atoms with E-state index in [1.54, 1.807) is 11.0 Å². The van der Waals surface area contributed by atoms with Gasteiger partial charge < -0.3 is 4.74 Å². The van der Waals surface area contributed by atoms with Gasteiger partial charge >= 0.3 is 0 Å². The largest absolute Gasteiger partial charge is 0.469 e. The molecule has 0 amide bonds. The summed E-state index contributed by atoms with van der Waals surface area (Å²) in [6.07, 6.45) is 2.98. The van der Waals surface area contributed by atoms with E-state index < -0.39 is 0 Å². The molecule has 0 fully saturated rings. The molecule has 1 unspecified atom stereocenters. The van der Waals surface area contributed by atoms with Crippen molar-refractivity contribution in [1.82, 2.24) is 14.8 Å². The molecule has 0 saturated carbocycles. The molecule has 14 heavy (non-hydrogen) atoms. The maximum atomic E-state index is 5.62. The van der Waals surface area contributed by atoms with Crippen molar-refractivity contribution < 1.29 is 4.74 Å². The summed E-state index contributed by atoms with van der Waals surface area (Å²) in [5, 5.41) is 3.99. The second kappa shape index (κ2) is 3.91. The molecule has 0 bridgehead atoms. The summed E-state index contributed by atoms with van der Waals surface area (Å²) >= 11 is 0. The average Bonchev–Trinajstić information content (AvgIpc) is 2.72. The monoisotopic (exact) mass is 189 g/mol. The van der Waals surface area contributed by atoms with E-state index in [2.05, 4.69) is 10.1 Å². The molecule has 72 valence electrons. The molecule has 0 aliphatic rings. The van der Waals surface area contributed by atoms with Crippen molar-refractivity contribution in [1.29, 1.82) is 0 Å². The van der Waals surface area contributed by atoms with Crippen molar-refractivity contribution in [2.24, 2.45) is 0 Å². The first kappa shape index (κ1) is 8.74. The van der Waals surface area contributed by atoms with Crippen LogP contribution in [-0.2, 0) is 0 Å². The van der Waals surface area contributed by atoms with Crippen LogP contribution in [0.15, 0.2) is 43.0 Å². The molecule has 1 aromatic carbocycles. The standard InChI is InChI=1S/C10H11N3O/c1-9(13-8-11-7-12-13)14-10-5-3-2-4-6-10/h2-9H,1H3. The summed E-state index contributed by atoms with van der Waals surface area (Å²) < 4.78 is 7.28. The van der Waals surface area contributed by atoms with Gasteiger partial charge in [-0.1, -0.05) is 18.2 Å². The maximum absolute atomic E-state index is 5.62. The smallest absolute Gasteiger partial charge is 0.190 e. The molecule has 0 aliphatic heterocycles. The van der Waals surface area contributed by atoms with Crippen LogP contribution in [0.3, 0.4) is 0 Å². The summed E-state index contributed by atoms with van der Waals surface area (Å²) in [5.74, 6) is 0.829. The number of hydrogen-bond acceptors (Lipinski definition) is 3. The number of nitrogens with zero attached hydrogens (tertiary/aromatic N) is 3.